The van der Waals surface area contributed by atoms with Gasteiger partial charge in [-0.3, -0.25) is 29.8 Å². The van der Waals surface area contributed by atoms with Crippen molar-refractivity contribution in [2.45, 2.75) is 0 Å². The number of carbonyl (C=O) groups excluding carboxylic acids is 4. The number of rotatable bonds is 2. The highest BCUT2D eigenvalue weighted by Crippen LogP contribution is 2.46. The minimum absolute atomic E-state index is 0.263. The van der Waals surface area contributed by atoms with Crippen LogP contribution in [-0.2, 0) is 0 Å². The van der Waals surface area contributed by atoms with Crippen LogP contribution in [0.25, 0.3) is 31.7 Å². The zero-order valence-electron chi connectivity index (χ0n) is 15.7. The number of hydrogen-bond donors (Lipinski definition) is 2. The lowest BCUT2D eigenvalue weighted by Crippen LogP contribution is -2.39. The van der Waals surface area contributed by atoms with Crippen LogP contribution >= 0.6 is 54.5 Å². The van der Waals surface area contributed by atoms with Gasteiger partial charge in [-0.15, -0.1) is 22.7 Å². The van der Waals surface area contributed by atoms with Crippen LogP contribution < -0.4 is 10.6 Å². The number of imide groups is 2. The third kappa shape index (κ3) is 2.73. The predicted octanol–water partition coefficient (Wildman–Crippen LogP) is 5.59. The first-order valence-electron chi connectivity index (χ1n) is 9.24. The molecule has 0 bridgehead atoms. The molecule has 2 aromatic heterocycles. The van der Waals surface area contributed by atoms with E-state index in [1.54, 1.807) is 12.1 Å². The number of amides is 4. The minimum atomic E-state index is -0.556. The second kappa shape index (κ2) is 6.92. The van der Waals surface area contributed by atoms with Gasteiger partial charge in [-0.1, -0.05) is 0 Å². The summed E-state index contributed by atoms with van der Waals surface area (Å²) in [6.07, 6.45) is 0. The van der Waals surface area contributed by atoms with E-state index in [0.29, 0.717) is 21.9 Å². The van der Waals surface area contributed by atoms with Gasteiger partial charge in [0.25, 0.3) is 23.6 Å². The largest absolute Gasteiger partial charge is 0.288 e. The van der Waals surface area contributed by atoms with E-state index in [1.165, 1.54) is 22.7 Å². The molecule has 0 unspecified atom stereocenters. The Balaban J connectivity index is 1.84. The summed E-state index contributed by atoms with van der Waals surface area (Å²) in [6.45, 7) is 0. The molecule has 0 spiro atoms. The van der Waals surface area contributed by atoms with Gasteiger partial charge in [-0.05, 0) is 68.3 Å². The Bertz CT molecular complexity index is 1470. The maximum absolute atomic E-state index is 13.0. The third-order valence-electron chi connectivity index (χ3n) is 5.48. The summed E-state index contributed by atoms with van der Waals surface area (Å²) in [5.74, 6) is -2.21. The highest BCUT2D eigenvalue weighted by Gasteiger charge is 2.37. The summed E-state index contributed by atoms with van der Waals surface area (Å²) >= 11 is 9.68. The van der Waals surface area contributed by atoms with Crippen molar-refractivity contribution in [1.29, 1.82) is 0 Å². The lowest BCUT2D eigenvalue weighted by atomic mass is 9.82. The molecule has 0 saturated carbocycles. The second-order valence-corrected chi connectivity index (χ2v) is 12.1. The first kappa shape index (κ1) is 20.0. The Morgan fingerprint density at radius 2 is 0.969 bits per heavy atom. The van der Waals surface area contributed by atoms with Crippen LogP contribution in [0, 0.1) is 0 Å². The Hall–Kier alpha value is -2.66. The van der Waals surface area contributed by atoms with Crippen molar-refractivity contribution < 1.29 is 19.2 Å². The summed E-state index contributed by atoms with van der Waals surface area (Å²) in [5, 5.41) is 5.52. The normalized spacial score (nSPS) is 14.7. The number of benzene rings is 2. The number of halogens is 2. The molecule has 2 aromatic carbocycles. The molecular weight excluding hydrogens is 580 g/mol. The average molecular weight is 588 g/mol. The Morgan fingerprint density at radius 3 is 1.31 bits per heavy atom. The maximum Gasteiger partial charge on any atom is 0.259 e. The van der Waals surface area contributed by atoms with E-state index in [-0.39, 0.29) is 22.3 Å². The topological polar surface area (TPSA) is 92.3 Å². The molecular formula is C22H8Br2N2O4S2. The molecule has 0 radical (unpaired) electrons. The van der Waals surface area contributed by atoms with E-state index in [9.17, 15) is 19.2 Å². The summed E-state index contributed by atoms with van der Waals surface area (Å²) in [7, 11) is 0. The summed E-state index contributed by atoms with van der Waals surface area (Å²) in [4.78, 5) is 53.3. The first-order chi connectivity index (χ1) is 15.3. The van der Waals surface area contributed by atoms with Gasteiger partial charge in [0, 0.05) is 42.8 Å². The first-order valence-corrected chi connectivity index (χ1v) is 12.5. The smallest absolute Gasteiger partial charge is 0.259 e. The molecule has 4 amide bonds. The van der Waals surface area contributed by atoms with Gasteiger partial charge < -0.3 is 0 Å². The minimum Gasteiger partial charge on any atom is -0.288 e. The Labute approximate surface area is 204 Å². The fourth-order valence-electron chi connectivity index (χ4n) is 4.24. The monoisotopic (exact) mass is 586 g/mol. The van der Waals surface area contributed by atoms with Crippen LogP contribution in [-0.4, -0.2) is 23.6 Å². The molecule has 0 fully saturated rings. The van der Waals surface area contributed by atoms with Gasteiger partial charge in [0.15, 0.2) is 0 Å². The fourth-order valence-corrected chi connectivity index (χ4v) is 7.05. The van der Waals surface area contributed by atoms with Crippen LogP contribution in [0.3, 0.4) is 0 Å². The van der Waals surface area contributed by atoms with Crippen LogP contribution in [0.15, 0.2) is 44.0 Å². The van der Waals surface area contributed by atoms with Crippen molar-refractivity contribution in [2.24, 2.45) is 0 Å². The number of carbonyl (C=O) groups is 4. The number of hydrogen-bond acceptors (Lipinski definition) is 6. The van der Waals surface area contributed by atoms with Gasteiger partial charge in [-0.25, -0.2) is 0 Å². The highest BCUT2D eigenvalue weighted by atomic mass is 79.9. The van der Waals surface area contributed by atoms with Gasteiger partial charge in [0.2, 0.25) is 0 Å². The Kier molecular flexibility index (Phi) is 4.32. The Morgan fingerprint density at radius 1 is 0.562 bits per heavy atom. The molecule has 0 saturated heterocycles. The number of nitrogens with one attached hydrogen (secondary N) is 2. The van der Waals surface area contributed by atoms with E-state index in [0.717, 1.165) is 17.3 Å². The lowest BCUT2D eigenvalue weighted by molar-refractivity contribution is 0.0824. The maximum atomic E-state index is 13.0. The highest BCUT2D eigenvalue weighted by molar-refractivity contribution is 9.11. The van der Waals surface area contributed by atoms with E-state index in [4.69, 9.17) is 0 Å². The predicted molar refractivity (Wildman–Crippen MR) is 130 cm³/mol. The molecule has 32 heavy (non-hydrogen) atoms. The molecule has 0 atom stereocenters. The quantitative estimate of drug-likeness (QED) is 0.299. The van der Waals surface area contributed by atoms with Crippen molar-refractivity contribution in [3.63, 3.8) is 0 Å². The van der Waals surface area contributed by atoms with Gasteiger partial charge in [0.05, 0.1) is 18.7 Å². The molecule has 2 N–H and O–H groups in total. The number of thiophene rings is 2. The summed E-state index contributed by atoms with van der Waals surface area (Å²) in [6, 6.07) is 10.6. The molecule has 4 aromatic rings. The van der Waals surface area contributed by atoms with Crippen LogP contribution in [0.4, 0.5) is 0 Å². The van der Waals surface area contributed by atoms with E-state index in [2.05, 4.69) is 42.5 Å². The molecule has 2 aliphatic rings. The molecule has 4 heterocycles. The van der Waals surface area contributed by atoms with Crippen LogP contribution in [0.5, 0.6) is 0 Å². The molecule has 2 aliphatic heterocycles. The lowest BCUT2D eigenvalue weighted by Gasteiger charge is -2.26. The standard InChI is InChI=1S/C22H8Br2N2O4S2/c23-13-3-1-11(31-13)7-5-9-16-15-10(20(28)25-21(29)17(7)15)6-8(12-2-4-14(24)32-12)18(16)22(30)26-19(9)27/h1-6H,(H,25,28,29)(H,26,27,30). The van der Waals surface area contributed by atoms with Crippen molar-refractivity contribution in [3.8, 4) is 20.9 Å². The third-order valence-corrected chi connectivity index (χ3v) is 8.79. The average Bonchev–Trinajstić information content (AvgIpc) is 3.37. The summed E-state index contributed by atoms with van der Waals surface area (Å²) in [5.41, 5.74) is 2.18. The van der Waals surface area contributed by atoms with Crippen molar-refractivity contribution in [3.05, 3.63) is 66.2 Å². The molecule has 10 heteroatoms. The fraction of sp³-hybridized carbons (Fsp3) is 0. The summed E-state index contributed by atoms with van der Waals surface area (Å²) < 4.78 is 1.72. The van der Waals surface area contributed by atoms with Gasteiger partial charge in [0.1, 0.15) is 0 Å². The zero-order valence-corrected chi connectivity index (χ0v) is 20.5. The van der Waals surface area contributed by atoms with Gasteiger partial charge >= 0.3 is 0 Å². The SMILES string of the molecule is O=C1NC(=O)c2c(-c3ccc(Br)s3)cc3c4c(c(-c5ccc(Br)s5)cc1c24)C(=O)NC3=O. The van der Waals surface area contributed by atoms with Crippen molar-refractivity contribution >= 4 is 88.9 Å². The zero-order chi connectivity index (χ0) is 22.3. The van der Waals surface area contributed by atoms with Crippen molar-refractivity contribution in [2.75, 3.05) is 0 Å². The van der Waals surface area contributed by atoms with Gasteiger partial charge in [-0.2, -0.15) is 0 Å². The molecule has 6 nitrogen and oxygen atoms in total. The van der Waals surface area contributed by atoms with E-state index >= 15 is 0 Å². The second-order valence-electron chi connectivity index (χ2n) is 7.22. The van der Waals surface area contributed by atoms with E-state index in [1.807, 2.05) is 24.3 Å². The molecule has 0 aliphatic carbocycles. The van der Waals surface area contributed by atoms with Crippen LogP contribution in [0.1, 0.15) is 41.4 Å². The molecule has 156 valence electrons. The molecule has 6 rings (SSSR count). The van der Waals surface area contributed by atoms with Crippen molar-refractivity contribution in [1.82, 2.24) is 10.6 Å². The van der Waals surface area contributed by atoms with Crippen LogP contribution in [0.2, 0.25) is 0 Å². The van der Waals surface area contributed by atoms with E-state index < -0.39 is 23.6 Å².